The van der Waals surface area contributed by atoms with Crippen LogP contribution < -0.4 is 0 Å². The van der Waals surface area contributed by atoms with Crippen molar-refractivity contribution in [2.75, 3.05) is 6.54 Å². The highest BCUT2D eigenvalue weighted by atomic mass is 32.2. The van der Waals surface area contributed by atoms with Gasteiger partial charge < -0.3 is 0 Å². The topological polar surface area (TPSA) is 45.0 Å². The van der Waals surface area contributed by atoms with Crippen molar-refractivity contribution in [1.29, 1.82) is 0 Å². The SMILES string of the molecule is C=CCN1C(=O)[C@@H](Cc2ccccc2)SC1=NN=Cc1cccs1. The summed E-state index contributed by atoms with van der Waals surface area (Å²) in [5, 5.41) is 10.8. The number of thioether (sulfide) groups is 1. The van der Waals surface area contributed by atoms with Crippen LogP contribution in [-0.4, -0.2) is 34.0 Å². The highest BCUT2D eigenvalue weighted by Crippen LogP contribution is 2.30. The second-order valence-electron chi connectivity index (χ2n) is 5.18. The zero-order chi connectivity index (χ0) is 16.8. The molecular weight excluding hydrogens is 338 g/mol. The maximum absolute atomic E-state index is 12.6. The van der Waals surface area contributed by atoms with Crippen molar-refractivity contribution in [3.05, 3.63) is 70.9 Å². The lowest BCUT2D eigenvalue weighted by Crippen LogP contribution is -2.32. The van der Waals surface area contributed by atoms with E-state index in [0.29, 0.717) is 18.1 Å². The van der Waals surface area contributed by atoms with Crippen LogP contribution >= 0.6 is 23.1 Å². The third-order valence-corrected chi connectivity index (χ3v) is 5.44. The minimum Gasteiger partial charge on any atom is -0.285 e. The summed E-state index contributed by atoms with van der Waals surface area (Å²) in [6.45, 7) is 4.18. The van der Waals surface area contributed by atoms with Gasteiger partial charge in [0.25, 0.3) is 0 Å². The zero-order valence-electron chi connectivity index (χ0n) is 13.0. The van der Waals surface area contributed by atoms with E-state index >= 15 is 0 Å². The van der Waals surface area contributed by atoms with Gasteiger partial charge in [0.05, 0.1) is 11.5 Å². The van der Waals surface area contributed by atoms with Crippen LogP contribution in [0.3, 0.4) is 0 Å². The van der Waals surface area contributed by atoms with Crippen molar-refractivity contribution >= 4 is 40.4 Å². The maximum atomic E-state index is 12.6. The van der Waals surface area contributed by atoms with Gasteiger partial charge in [-0.2, -0.15) is 5.10 Å². The molecule has 0 radical (unpaired) electrons. The van der Waals surface area contributed by atoms with E-state index in [1.807, 2.05) is 47.8 Å². The Morgan fingerprint density at radius 1 is 1.21 bits per heavy atom. The molecule has 4 nitrogen and oxygen atoms in total. The first-order valence-electron chi connectivity index (χ1n) is 7.55. The molecule has 1 saturated heterocycles. The quantitative estimate of drug-likeness (QED) is 0.449. The molecule has 2 heterocycles. The Bertz CT molecular complexity index is 754. The summed E-state index contributed by atoms with van der Waals surface area (Å²) in [6.07, 6.45) is 4.10. The summed E-state index contributed by atoms with van der Waals surface area (Å²) in [5.74, 6) is 0.0637. The number of amides is 1. The van der Waals surface area contributed by atoms with Crippen LogP contribution in [-0.2, 0) is 11.2 Å². The molecule has 2 aromatic rings. The Morgan fingerprint density at radius 3 is 2.75 bits per heavy atom. The summed E-state index contributed by atoms with van der Waals surface area (Å²) in [7, 11) is 0. The molecule has 24 heavy (non-hydrogen) atoms. The largest absolute Gasteiger partial charge is 0.285 e. The van der Waals surface area contributed by atoms with Crippen LogP contribution in [0.15, 0.2) is 70.7 Å². The number of nitrogens with zero attached hydrogens (tertiary/aromatic N) is 3. The first-order valence-corrected chi connectivity index (χ1v) is 9.31. The van der Waals surface area contributed by atoms with Gasteiger partial charge in [0.15, 0.2) is 5.17 Å². The van der Waals surface area contributed by atoms with E-state index in [0.717, 1.165) is 10.4 Å². The van der Waals surface area contributed by atoms with Crippen LogP contribution in [0, 0.1) is 0 Å². The Kier molecular flexibility index (Phi) is 5.61. The van der Waals surface area contributed by atoms with Gasteiger partial charge in [-0.1, -0.05) is 54.2 Å². The third-order valence-electron chi connectivity index (χ3n) is 3.47. The smallest absolute Gasteiger partial charge is 0.242 e. The highest BCUT2D eigenvalue weighted by Gasteiger charge is 2.37. The Morgan fingerprint density at radius 2 is 2.04 bits per heavy atom. The van der Waals surface area contributed by atoms with E-state index in [1.165, 1.54) is 11.8 Å². The van der Waals surface area contributed by atoms with Gasteiger partial charge in [0.1, 0.15) is 0 Å². The number of rotatable bonds is 6. The number of carbonyl (C=O) groups excluding carboxylic acids is 1. The molecule has 0 bridgehead atoms. The van der Waals surface area contributed by atoms with Crippen molar-refractivity contribution in [3.8, 4) is 0 Å². The first kappa shape index (κ1) is 16.7. The number of hydrogen-bond acceptors (Lipinski definition) is 5. The molecule has 0 aliphatic carbocycles. The summed E-state index contributed by atoms with van der Waals surface area (Å²) < 4.78 is 0. The molecule has 122 valence electrons. The predicted octanol–water partition coefficient (Wildman–Crippen LogP) is 3.81. The molecule has 6 heteroatoms. The third kappa shape index (κ3) is 4.01. The highest BCUT2D eigenvalue weighted by molar-refractivity contribution is 8.15. The monoisotopic (exact) mass is 355 g/mol. The molecule has 0 N–H and O–H groups in total. The lowest BCUT2D eigenvalue weighted by Gasteiger charge is -2.12. The number of amidine groups is 1. The normalized spacial score (nSPS) is 19.5. The maximum Gasteiger partial charge on any atom is 0.242 e. The lowest BCUT2D eigenvalue weighted by molar-refractivity contribution is -0.125. The minimum absolute atomic E-state index is 0.0637. The predicted molar refractivity (Wildman–Crippen MR) is 103 cm³/mol. The molecule has 0 unspecified atom stereocenters. The van der Waals surface area contributed by atoms with Crippen LogP contribution in [0.1, 0.15) is 10.4 Å². The molecule has 1 aromatic carbocycles. The molecule has 0 spiro atoms. The van der Waals surface area contributed by atoms with Crippen LogP contribution in [0.4, 0.5) is 0 Å². The molecule has 1 fully saturated rings. The van der Waals surface area contributed by atoms with Gasteiger partial charge in [-0.05, 0) is 23.4 Å². The van der Waals surface area contributed by atoms with E-state index in [9.17, 15) is 4.79 Å². The fraction of sp³-hybridized carbons (Fsp3) is 0.167. The summed E-state index contributed by atoms with van der Waals surface area (Å²) in [5.41, 5.74) is 1.14. The average Bonchev–Trinajstić information content (AvgIpc) is 3.20. The van der Waals surface area contributed by atoms with Crippen LogP contribution in [0.25, 0.3) is 0 Å². The van der Waals surface area contributed by atoms with Crippen molar-refractivity contribution in [3.63, 3.8) is 0 Å². The molecule has 1 amide bonds. The van der Waals surface area contributed by atoms with Crippen molar-refractivity contribution < 1.29 is 4.79 Å². The van der Waals surface area contributed by atoms with Gasteiger partial charge >= 0.3 is 0 Å². The van der Waals surface area contributed by atoms with Gasteiger partial charge in [0, 0.05) is 11.4 Å². The number of hydrogen-bond donors (Lipinski definition) is 0. The summed E-state index contributed by atoms with van der Waals surface area (Å²) in [4.78, 5) is 15.3. The zero-order valence-corrected chi connectivity index (χ0v) is 14.7. The van der Waals surface area contributed by atoms with Gasteiger partial charge in [-0.15, -0.1) is 23.0 Å². The van der Waals surface area contributed by atoms with Gasteiger partial charge in [-0.25, -0.2) is 0 Å². The van der Waals surface area contributed by atoms with Crippen molar-refractivity contribution in [2.45, 2.75) is 11.7 Å². The standard InChI is InChI=1S/C18H17N3OS2/c1-2-10-21-17(22)16(12-14-7-4-3-5-8-14)24-18(21)20-19-13-15-9-6-11-23-15/h2-9,11,13,16H,1,10,12H2/t16-/m1/s1. The lowest BCUT2D eigenvalue weighted by atomic mass is 10.1. The van der Waals surface area contributed by atoms with E-state index in [-0.39, 0.29) is 11.2 Å². The van der Waals surface area contributed by atoms with E-state index < -0.39 is 0 Å². The van der Waals surface area contributed by atoms with E-state index in [4.69, 9.17) is 0 Å². The van der Waals surface area contributed by atoms with Crippen molar-refractivity contribution in [1.82, 2.24) is 4.90 Å². The first-order chi connectivity index (χ1) is 11.8. The fourth-order valence-corrected chi connectivity index (χ4v) is 4.06. The molecule has 1 atom stereocenters. The van der Waals surface area contributed by atoms with Crippen molar-refractivity contribution in [2.24, 2.45) is 10.2 Å². The van der Waals surface area contributed by atoms with Gasteiger partial charge in [-0.3, -0.25) is 9.69 Å². The second kappa shape index (κ2) is 8.08. The molecule has 0 saturated carbocycles. The Labute approximate surface area is 149 Å². The number of benzene rings is 1. The molecule has 1 aromatic heterocycles. The van der Waals surface area contributed by atoms with Crippen LogP contribution in [0.5, 0.6) is 0 Å². The summed E-state index contributed by atoms with van der Waals surface area (Å²) in [6, 6.07) is 14.0. The Balaban J connectivity index is 1.75. The fourth-order valence-electron chi connectivity index (χ4n) is 2.34. The summed E-state index contributed by atoms with van der Waals surface area (Å²) >= 11 is 3.06. The molecule has 1 aliphatic rings. The van der Waals surface area contributed by atoms with E-state index in [2.05, 4.69) is 16.8 Å². The molecular formula is C18H17N3OS2. The minimum atomic E-state index is -0.164. The molecule has 3 rings (SSSR count). The van der Waals surface area contributed by atoms with E-state index in [1.54, 1.807) is 28.5 Å². The molecule has 1 aliphatic heterocycles. The van der Waals surface area contributed by atoms with Gasteiger partial charge in [0.2, 0.25) is 5.91 Å². The Hall–Kier alpha value is -2.18. The van der Waals surface area contributed by atoms with Crippen LogP contribution in [0.2, 0.25) is 0 Å². The second-order valence-corrected chi connectivity index (χ2v) is 7.33. The number of thiophene rings is 1. The number of carbonyl (C=O) groups is 1. The average molecular weight is 355 g/mol.